The van der Waals surface area contributed by atoms with Crippen molar-refractivity contribution in [3.63, 3.8) is 0 Å². The van der Waals surface area contributed by atoms with Crippen molar-refractivity contribution < 1.29 is 13.9 Å². The molecular formula is C22H29FN4O2. The van der Waals surface area contributed by atoms with Crippen molar-refractivity contribution in [1.29, 1.82) is 0 Å². The van der Waals surface area contributed by atoms with Crippen LogP contribution < -0.4 is 26.9 Å². The van der Waals surface area contributed by atoms with E-state index >= 15 is 0 Å². The number of aromatic nitrogens is 1. The molecule has 0 radical (unpaired) electrons. The first kappa shape index (κ1) is 20.9. The highest BCUT2D eigenvalue weighted by Crippen LogP contribution is 2.28. The van der Waals surface area contributed by atoms with Crippen molar-refractivity contribution in [1.82, 2.24) is 9.88 Å². The molecule has 2 amide bonds. The van der Waals surface area contributed by atoms with Crippen molar-refractivity contribution in [3.8, 4) is 11.3 Å². The average molecular weight is 400 g/mol. The van der Waals surface area contributed by atoms with E-state index in [-0.39, 0.29) is 23.8 Å². The fourth-order valence-electron chi connectivity index (χ4n) is 3.80. The topological polar surface area (TPSA) is 81.3 Å². The second kappa shape index (κ2) is 8.29. The fraction of sp³-hybridized carbons (Fsp3) is 0.409. The molecule has 1 aliphatic carbocycles. The lowest BCUT2D eigenvalue weighted by atomic mass is 9.98. The van der Waals surface area contributed by atoms with Crippen LogP contribution in [0.25, 0.3) is 23.4 Å². The zero-order valence-corrected chi connectivity index (χ0v) is 17.5. The molecule has 0 saturated heterocycles. The van der Waals surface area contributed by atoms with Crippen LogP contribution in [0.2, 0.25) is 0 Å². The minimum atomic E-state index is -0.515. The number of methoxy groups -OCH3 is 1. The van der Waals surface area contributed by atoms with Gasteiger partial charge in [-0.3, -0.25) is 0 Å². The molecule has 0 bridgehead atoms. The molecule has 1 heterocycles. The summed E-state index contributed by atoms with van der Waals surface area (Å²) in [4.78, 5) is 11.9. The van der Waals surface area contributed by atoms with Crippen LogP contribution in [0, 0.1) is 11.7 Å². The molecule has 2 unspecified atom stereocenters. The van der Waals surface area contributed by atoms with Gasteiger partial charge < -0.3 is 25.7 Å². The van der Waals surface area contributed by atoms with Crippen LogP contribution in [0.1, 0.15) is 27.7 Å². The molecule has 1 aromatic carbocycles. The molecule has 2 atom stereocenters. The van der Waals surface area contributed by atoms with Crippen LogP contribution in [0.15, 0.2) is 18.2 Å². The Morgan fingerprint density at radius 1 is 1.34 bits per heavy atom. The lowest BCUT2D eigenvalue weighted by molar-refractivity contribution is 0.128. The Hall–Kier alpha value is -2.80. The van der Waals surface area contributed by atoms with Gasteiger partial charge in [-0.05, 0) is 39.0 Å². The number of fused-ring (bicyclic) bond motifs is 1. The lowest BCUT2D eigenvalue weighted by Gasteiger charge is -2.19. The molecule has 7 heteroatoms. The number of rotatable bonds is 5. The van der Waals surface area contributed by atoms with Gasteiger partial charge in [0.05, 0.1) is 23.2 Å². The molecular weight excluding hydrogens is 371 g/mol. The van der Waals surface area contributed by atoms with Gasteiger partial charge in [-0.15, -0.1) is 0 Å². The Balaban J connectivity index is 2.06. The Kier molecular flexibility index (Phi) is 5.98. The van der Waals surface area contributed by atoms with Crippen LogP contribution >= 0.6 is 0 Å². The maximum absolute atomic E-state index is 14.7. The molecule has 1 aliphatic rings. The summed E-state index contributed by atoms with van der Waals surface area (Å²) < 4.78 is 22.4. The quantitative estimate of drug-likeness (QED) is 0.722. The second-order valence-corrected chi connectivity index (χ2v) is 7.65. The van der Waals surface area contributed by atoms with Crippen LogP contribution in [0.3, 0.4) is 0 Å². The van der Waals surface area contributed by atoms with Gasteiger partial charge in [-0.1, -0.05) is 19.1 Å². The average Bonchev–Trinajstić information content (AvgIpc) is 2.93. The number of nitrogens with zero attached hydrogens (tertiary/aromatic N) is 1. The van der Waals surface area contributed by atoms with E-state index in [1.54, 1.807) is 19.2 Å². The van der Waals surface area contributed by atoms with Crippen LogP contribution in [0.5, 0.6) is 0 Å². The molecule has 6 nitrogen and oxygen atoms in total. The summed E-state index contributed by atoms with van der Waals surface area (Å²) in [6.45, 7) is 8.47. The van der Waals surface area contributed by atoms with Crippen molar-refractivity contribution >= 4 is 29.6 Å². The number of anilines is 2. The number of hydrogen-bond donors (Lipinski definition) is 3. The Labute approximate surface area is 170 Å². The largest absolute Gasteiger partial charge is 0.396 e. The first-order valence-electron chi connectivity index (χ1n) is 9.88. The Morgan fingerprint density at radius 3 is 2.66 bits per heavy atom. The van der Waals surface area contributed by atoms with E-state index in [2.05, 4.69) is 34.3 Å². The number of benzene rings is 1. The standard InChI is InChI=1S/C22H29FN4O2/c1-6-27-18-11-19(29-5)13(4)9-15(18)20(24)21(27)14-7-8-17(16(23)10-14)26-22(28)25-12(2)3/h7-13,19H,6,24H2,1-5H3,(H2,25,26,28). The van der Waals surface area contributed by atoms with Gasteiger partial charge in [-0.2, -0.15) is 0 Å². The molecule has 0 fully saturated rings. The summed E-state index contributed by atoms with van der Waals surface area (Å²) in [6, 6.07) is 4.26. The number of nitrogens with one attached hydrogen (secondary N) is 2. The molecule has 1 aromatic heterocycles. The number of carbonyl (C=O) groups is 1. The lowest BCUT2D eigenvalue weighted by Crippen LogP contribution is -2.38. The third kappa shape index (κ3) is 4.00. The summed E-state index contributed by atoms with van der Waals surface area (Å²) in [7, 11) is 1.69. The number of halogens is 1. The van der Waals surface area contributed by atoms with Crippen molar-refractivity contribution in [2.24, 2.45) is 5.92 Å². The van der Waals surface area contributed by atoms with Crippen molar-refractivity contribution in [3.05, 3.63) is 34.6 Å². The predicted octanol–water partition coefficient (Wildman–Crippen LogP) is 2.65. The Bertz CT molecular complexity index is 1040. The highest BCUT2D eigenvalue weighted by atomic mass is 19.1. The minimum Gasteiger partial charge on any atom is -0.396 e. The number of nitrogen functional groups attached to an aromatic ring is 1. The highest BCUT2D eigenvalue weighted by molar-refractivity contribution is 5.90. The summed E-state index contributed by atoms with van der Waals surface area (Å²) in [6.07, 6.45) is 4.15. The zero-order chi connectivity index (χ0) is 21.3. The van der Waals surface area contributed by atoms with Gasteiger partial charge in [-0.25, -0.2) is 9.18 Å². The van der Waals surface area contributed by atoms with Crippen LogP contribution in [-0.4, -0.2) is 29.9 Å². The summed E-state index contributed by atoms with van der Waals surface area (Å²) in [5.74, 6) is -0.322. The van der Waals surface area contributed by atoms with E-state index in [1.165, 1.54) is 6.07 Å². The number of nitrogens with two attached hydrogens (primary N) is 1. The number of carbonyl (C=O) groups excluding carboxylic acids is 1. The molecule has 0 saturated carbocycles. The number of urea groups is 1. The summed E-state index contributed by atoms with van der Waals surface area (Å²) in [5, 5.41) is 7.17. The summed E-state index contributed by atoms with van der Waals surface area (Å²) >= 11 is 0. The van der Waals surface area contributed by atoms with E-state index in [0.29, 0.717) is 17.8 Å². The second-order valence-electron chi connectivity index (χ2n) is 7.65. The Morgan fingerprint density at radius 2 is 2.07 bits per heavy atom. The van der Waals surface area contributed by atoms with Gasteiger partial charge in [0.15, 0.2) is 0 Å². The SMILES string of the molecule is CCn1c(-c2ccc(NC(=O)NC(C)C)c(F)c2)c(N)c2c1=CC(OC)C(C)C=2. The fourth-order valence-corrected chi connectivity index (χ4v) is 3.80. The zero-order valence-electron chi connectivity index (χ0n) is 17.5. The van der Waals surface area contributed by atoms with Gasteiger partial charge >= 0.3 is 6.03 Å². The van der Waals surface area contributed by atoms with Crippen molar-refractivity contribution in [2.75, 3.05) is 18.2 Å². The third-order valence-corrected chi connectivity index (χ3v) is 5.15. The van der Waals surface area contributed by atoms with E-state index in [1.807, 2.05) is 20.8 Å². The van der Waals surface area contributed by atoms with Crippen molar-refractivity contribution in [2.45, 2.75) is 46.4 Å². The highest BCUT2D eigenvalue weighted by Gasteiger charge is 2.22. The minimum absolute atomic E-state index is 0.0299. The molecule has 4 N–H and O–H groups in total. The molecule has 3 rings (SSSR count). The molecule has 0 spiro atoms. The van der Waals surface area contributed by atoms with Gasteiger partial charge in [0.25, 0.3) is 0 Å². The first-order chi connectivity index (χ1) is 13.8. The van der Waals surface area contributed by atoms with Gasteiger partial charge in [0.1, 0.15) is 5.82 Å². The first-order valence-corrected chi connectivity index (χ1v) is 9.88. The molecule has 0 aliphatic heterocycles. The normalized spacial score (nSPS) is 18.0. The van der Waals surface area contributed by atoms with Crippen LogP contribution in [-0.2, 0) is 11.3 Å². The maximum Gasteiger partial charge on any atom is 0.319 e. The predicted molar refractivity (Wildman–Crippen MR) is 115 cm³/mol. The smallest absolute Gasteiger partial charge is 0.319 e. The number of amides is 2. The number of hydrogen-bond acceptors (Lipinski definition) is 3. The maximum atomic E-state index is 14.7. The van der Waals surface area contributed by atoms with E-state index in [9.17, 15) is 9.18 Å². The molecule has 156 valence electrons. The molecule has 29 heavy (non-hydrogen) atoms. The van der Waals surface area contributed by atoms with E-state index in [0.717, 1.165) is 16.3 Å². The van der Waals surface area contributed by atoms with E-state index < -0.39 is 11.8 Å². The third-order valence-electron chi connectivity index (χ3n) is 5.15. The van der Waals surface area contributed by atoms with Gasteiger partial charge in [0.2, 0.25) is 0 Å². The summed E-state index contributed by atoms with van der Waals surface area (Å²) in [5.41, 5.74) is 8.66. The van der Waals surface area contributed by atoms with Gasteiger partial charge in [0, 0.05) is 41.7 Å². The van der Waals surface area contributed by atoms with E-state index in [4.69, 9.17) is 10.5 Å². The molecule has 2 aromatic rings. The number of ether oxygens (including phenoxy) is 1. The monoisotopic (exact) mass is 400 g/mol. The van der Waals surface area contributed by atoms with Crippen LogP contribution in [0.4, 0.5) is 20.6 Å².